The first-order chi connectivity index (χ1) is 14.7. The maximum atomic E-state index is 12.5. The number of carbonyl (C=O) groups excluding carboxylic acids is 1. The molecule has 0 atom stereocenters. The van der Waals surface area contributed by atoms with Crippen LogP contribution in [0, 0.1) is 0 Å². The van der Waals surface area contributed by atoms with E-state index in [-0.39, 0.29) is 12.5 Å². The van der Waals surface area contributed by atoms with Crippen molar-refractivity contribution in [1.29, 1.82) is 0 Å². The standard InChI is InChI=1S/C25H25NO3S/c1-3-9-19-14-15-22(23(16-19)28-2)29-17-25(27)26-21-12-7-8-13-24(21)30-18-20-10-5-4-6-11-20/h3-8,10-16H,1,9,17-18H2,2H3,(H,26,27). The number of nitrogens with one attached hydrogen (secondary N) is 1. The largest absolute Gasteiger partial charge is 0.493 e. The number of methoxy groups -OCH3 is 1. The number of amides is 1. The molecule has 0 aromatic heterocycles. The first-order valence-corrected chi connectivity index (χ1v) is 10.6. The second kappa shape index (κ2) is 11.1. The van der Waals surface area contributed by atoms with E-state index in [0.29, 0.717) is 11.5 Å². The molecule has 0 aliphatic heterocycles. The smallest absolute Gasteiger partial charge is 0.262 e. The number of hydrogen-bond acceptors (Lipinski definition) is 4. The van der Waals surface area contributed by atoms with Crippen LogP contribution in [0.2, 0.25) is 0 Å². The minimum atomic E-state index is -0.222. The average Bonchev–Trinajstić information content (AvgIpc) is 2.78. The molecule has 0 radical (unpaired) electrons. The Bertz CT molecular complexity index is 989. The van der Waals surface area contributed by atoms with Crippen molar-refractivity contribution in [1.82, 2.24) is 0 Å². The van der Waals surface area contributed by atoms with Crippen LogP contribution < -0.4 is 14.8 Å². The molecule has 0 saturated carbocycles. The zero-order chi connectivity index (χ0) is 21.2. The van der Waals surface area contributed by atoms with E-state index in [2.05, 4.69) is 24.0 Å². The van der Waals surface area contributed by atoms with Crippen molar-refractivity contribution in [3.8, 4) is 11.5 Å². The number of hydrogen-bond donors (Lipinski definition) is 1. The summed E-state index contributed by atoms with van der Waals surface area (Å²) < 4.78 is 11.1. The summed E-state index contributed by atoms with van der Waals surface area (Å²) in [7, 11) is 1.58. The highest BCUT2D eigenvalue weighted by Crippen LogP contribution is 2.30. The van der Waals surface area contributed by atoms with E-state index in [1.807, 2.05) is 66.7 Å². The molecule has 1 amide bonds. The monoisotopic (exact) mass is 419 g/mol. The van der Waals surface area contributed by atoms with Crippen molar-refractivity contribution in [2.24, 2.45) is 0 Å². The lowest BCUT2D eigenvalue weighted by atomic mass is 10.1. The highest BCUT2D eigenvalue weighted by atomic mass is 32.2. The predicted octanol–water partition coefficient (Wildman–Crippen LogP) is 5.73. The Labute approximate surface area is 181 Å². The van der Waals surface area contributed by atoms with E-state index in [4.69, 9.17) is 9.47 Å². The maximum Gasteiger partial charge on any atom is 0.262 e. The predicted molar refractivity (Wildman–Crippen MR) is 123 cm³/mol. The van der Waals surface area contributed by atoms with Gasteiger partial charge in [0.2, 0.25) is 0 Å². The molecule has 3 rings (SSSR count). The van der Waals surface area contributed by atoms with Gasteiger partial charge in [0.05, 0.1) is 12.8 Å². The Hall–Kier alpha value is -3.18. The average molecular weight is 420 g/mol. The summed E-state index contributed by atoms with van der Waals surface area (Å²) in [5.41, 5.74) is 3.09. The van der Waals surface area contributed by atoms with Gasteiger partial charge in [-0.25, -0.2) is 0 Å². The lowest BCUT2D eigenvalue weighted by molar-refractivity contribution is -0.118. The zero-order valence-corrected chi connectivity index (χ0v) is 17.8. The van der Waals surface area contributed by atoms with Crippen molar-refractivity contribution < 1.29 is 14.3 Å². The van der Waals surface area contributed by atoms with Gasteiger partial charge in [-0.05, 0) is 41.8 Å². The summed E-state index contributed by atoms with van der Waals surface area (Å²) in [4.78, 5) is 13.5. The minimum absolute atomic E-state index is 0.102. The van der Waals surface area contributed by atoms with Crippen molar-refractivity contribution in [2.75, 3.05) is 19.0 Å². The number of benzene rings is 3. The topological polar surface area (TPSA) is 47.6 Å². The third kappa shape index (κ3) is 6.16. The van der Waals surface area contributed by atoms with Gasteiger partial charge in [-0.3, -0.25) is 4.79 Å². The molecule has 30 heavy (non-hydrogen) atoms. The van der Waals surface area contributed by atoms with Gasteiger partial charge in [-0.2, -0.15) is 0 Å². The highest BCUT2D eigenvalue weighted by Gasteiger charge is 2.11. The van der Waals surface area contributed by atoms with Crippen LogP contribution in [0.1, 0.15) is 11.1 Å². The number of thioether (sulfide) groups is 1. The Morgan fingerprint density at radius 2 is 1.77 bits per heavy atom. The Kier molecular flexibility index (Phi) is 7.98. The van der Waals surface area contributed by atoms with E-state index in [1.165, 1.54) is 5.56 Å². The molecule has 3 aromatic rings. The molecule has 3 aromatic carbocycles. The number of rotatable bonds is 10. The van der Waals surface area contributed by atoms with Crippen molar-refractivity contribution >= 4 is 23.4 Å². The van der Waals surface area contributed by atoms with Crippen molar-refractivity contribution in [3.63, 3.8) is 0 Å². The SMILES string of the molecule is C=CCc1ccc(OCC(=O)Nc2ccccc2SCc2ccccc2)c(OC)c1. The van der Waals surface area contributed by atoms with E-state index in [0.717, 1.165) is 28.3 Å². The summed E-state index contributed by atoms with van der Waals surface area (Å²) in [5, 5.41) is 2.95. The van der Waals surface area contributed by atoms with Gasteiger partial charge in [0.25, 0.3) is 5.91 Å². The first-order valence-electron chi connectivity index (χ1n) is 9.66. The molecule has 0 saturated heterocycles. The van der Waals surface area contributed by atoms with E-state index in [9.17, 15) is 4.79 Å². The zero-order valence-electron chi connectivity index (χ0n) is 17.0. The Morgan fingerprint density at radius 1 is 1.00 bits per heavy atom. The lowest BCUT2D eigenvalue weighted by Crippen LogP contribution is -2.20. The van der Waals surface area contributed by atoms with Crippen LogP contribution in [-0.2, 0) is 17.0 Å². The molecular weight excluding hydrogens is 394 g/mol. The van der Waals surface area contributed by atoms with E-state index < -0.39 is 0 Å². The first kappa shape index (κ1) is 21.5. The van der Waals surface area contributed by atoms with Gasteiger partial charge in [-0.15, -0.1) is 18.3 Å². The lowest BCUT2D eigenvalue weighted by Gasteiger charge is -2.13. The molecule has 4 nitrogen and oxygen atoms in total. The minimum Gasteiger partial charge on any atom is -0.493 e. The summed E-state index contributed by atoms with van der Waals surface area (Å²) in [6.07, 6.45) is 2.57. The molecule has 0 unspecified atom stereocenters. The molecule has 1 N–H and O–H groups in total. The molecular formula is C25H25NO3S. The van der Waals surface area contributed by atoms with Crippen molar-refractivity contribution in [2.45, 2.75) is 17.1 Å². The Morgan fingerprint density at radius 3 is 2.53 bits per heavy atom. The molecule has 0 spiro atoms. The maximum absolute atomic E-state index is 12.5. The second-order valence-electron chi connectivity index (χ2n) is 6.59. The molecule has 0 aliphatic carbocycles. The summed E-state index contributed by atoms with van der Waals surface area (Å²) in [5.74, 6) is 1.74. The van der Waals surface area contributed by atoms with Gasteiger partial charge in [0, 0.05) is 10.6 Å². The van der Waals surface area contributed by atoms with Crippen LogP contribution >= 0.6 is 11.8 Å². The number of ether oxygens (including phenoxy) is 2. The van der Waals surface area contributed by atoms with Crippen LogP contribution in [0.4, 0.5) is 5.69 Å². The van der Waals surface area contributed by atoms with Crippen LogP contribution in [-0.4, -0.2) is 19.6 Å². The fraction of sp³-hybridized carbons (Fsp3) is 0.160. The Balaban J connectivity index is 1.59. The second-order valence-corrected chi connectivity index (χ2v) is 7.60. The summed E-state index contributed by atoms with van der Waals surface area (Å²) in [6.45, 7) is 3.64. The normalized spacial score (nSPS) is 10.3. The summed E-state index contributed by atoms with van der Waals surface area (Å²) >= 11 is 1.69. The molecule has 154 valence electrons. The van der Waals surface area contributed by atoms with Crippen molar-refractivity contribution in [3.05, 3.63) is 96.6 Å². The van der Waals surface area contributed by atoms with Gasteiger partial charge < -0.3 is 14.8 Å². The van der Waals surface area contributed by atoms with Gasteiger partial charge in [0.15, 0.2) is 18.1 Å². The molecule has 0 fully saturated rings. The fourth-order valence-electron chi connectivity index (χ4n) is 2.89. The number of carbonyl (C=O) groups is 1. The van der Waals surface area contributed by atoms with Crippen LogP contribution in [0.3, 0.4) is 0 Å². The number of anilines is 1. The molecule has 0 aliphatic rings. The molecule has 0 bridgehead atoms. The van der Waals surface area contributed by atoms with E-state index in [1.54, 1.807) is 18.9 Å². The third-order valence-corrected chi connectivity index (χ3v) is 5.51. The van der Waals surface area contributed by atoms with Gasteiger partial charge in [0.1, 0.15) is 0 Å². The number of allylic oxidation sites excluding steroid dienone is 1. The van der Waals surface area contributed by atoms with Gasteiger partial charge >= 0.3 is 0 Å². The summed E-state index contributed by atoms with van der Waals surface area (Å²) in [6, 6.07) is 23.7. The van der Waals surface area contributed by atoms with E-state index >= 15 is 0 Å². The molecule has 0 heterocycles. The van der Waals surface area contributed by atoms with Crippen LogP contribution in [0.15, 0.2) is 90.3 Å². The van der Waals surface area contributed by atoms with Gasteiger partial charge in [-0.1, -0.05) is 54.6 Å². The quantitative estimate of drug-likeness (QED) is 0.337. The third-order valence-electron chi connectivity index (χ3n) is 4.37. The fourth-order valence-corrected chi connectivity index (χ4v) is 3.85. The number of para-hydroxylation sites is 1. The van der Waals surface area contributed by atoms with Crippen LogP contribution in [0.5, 0.6) is 11.5 Å². The highest BCUT2D eigenvalue weighted by molar-refractivity contribution is 7.98. The molecule has 5 heteroatoms. The van der Waals surface area contributed by atoms with Crippen LogP contribution in [0.25, 0.3) is 0 Å².